The molecule has 0 aliphatic carbocycles. The third-order valence-corrected chi connectivity index (χ3v) is 12.9. The van der Waals surface area contributed by atoms with Crippen molar-refractivity contribution in [2.45, 2.75) is 0 Å². The van der Waals surface area contributed by atoms with Crippen molar-refractivity contribution in [2.24, 2.45) is 0 Å². The van der Waals surface area contributed by atoms with E-state index < -0.39 is 0 Å². The maximum atomic E-state index is 6.91. The Morgan fingerprint density at radius 1 is 0.286 bits per heavy atom. The first-order valence-corrected chi connectivity index (χ1v) is 21.5. The second kappa shape index (κ2) is 14.1. The van der Waals surface area contributed by atoms with Crippen LogP contribution in [0.2, 0.25) is 0 Å². The Morgan fingerprint density at radius 2 is 0.873 bits per heavy atom. The lowest BCUT2D eigenvalue weighted by Gasteiger charge is -2.27. The molecule has 0 saturated heterocycles. The van der Waals surface area contributed by atoms with Gasteiger partial charge in [-0.2, -0.15) is 0 Å². The van der Waals surface area contributed by atoms with Crippen LogP contribution in [0.5, 0.6) is 0 Å². The molecule has 0 aliphatic rings. The Morgan fingerprint density at radius 3 is 1.75 bits per heavy atom. The molecule has 0 unspecified atom stereocenters. The van der Waals surface area contributed by atoms with Gasteiger partial charge in [-0.25, -0.2) is 0 Å². The maximum Gasteiger partial charge on any atom is 0.145 e. The first-order chi connectivity index (χ1) is 31.2. The third-order valence-electron chi connectivity index (χ3n) is 12.9. The molecule has 0 radical (unpaired) electrons. The van der Waals surface area contributed by atoms with Crippen molar-refractivity contribution >= 4 is 93.3 Å². The number of para-hydroxylation sites is 2. The molecular weight excluding hydrogens is 767 g/mol. The van der Waals surface area contributed by atoms with Crippen LogP contribution in [-0.2, 0) is 0 Å². The predicted octanol–water partition coefficient (Wildman–Crippen LogP) is 17.4. The van der Waals surface area contributed by atoms with Gasteiger partial charge in [0, 0.05) is 38.7 Å². The van der Waals surface area contributed by atoms with Gasteiger partial charge in [-0.3, -0.25) is 0 Å². The molecule has 3 nitrogen and oxygen atoms in total. The lowest BCUT2D eigenvalue weighted by molar-refractivity contribution is 0.669. The van der Waals surface area contributed by atoms with Gasteiger partial charge >= 0.3 is 0 Å². The fraction of sp³-hybridized carbons (Fsp3) is 0. The molecule has 0 fully saturated rings. The van der Waals surface area contributed by atoms with Crippen LogP contribution in [0.15, 0.2) is 233 Å². The van der Waals surface area contributed by atoms with Crippen molar-refractivity contribution in [1.82, 2.24) is 0 Å². The summed E-state index contributed by atoms with van der Waals surface area (Å²) in [6.07, 6.45) is 0. The van der Waals surface area contributed by atoms with Crippen molar-refractivity contribution in [3.05, 3.63) is 224 Å². The molecule has 2 aromatic heterocycles. The van der Waals surface area contributed by atoms with Crippen LogP contribution in [-0.4, -0.2) is 0 Å². The first kappa shape index (κ1) is 35.4. The van der Waals surface area contributed by atoms with Crippen molar-refractivity contribution in [3.8, 4) is 33.4 Å². The lowest BCUT2D eigenvalue weighted by atomic mass is 9.95. The molecule has 13 aromatic rings. The predicted molar refractivity (Wildman–Crippen MR) is 265 cm³/mol. The van der Waals surface area contributed by atoms with Crippen LogP contribution in [0, 0.1) is 0 Å². The molecule has 13 rings (SSSR count). The van der Waals surface area contributed by atoms with Gasteiger partial charge in [0.2, 0.25) is 0 Å². The Labute approximate surface area is 363 Å². The highest BCUT2D eigenvalue weighted by Gasteiger charge is 2.24. The summed E-state index contributed by atoms with van der Waals surface area (Å²) in [5.74, 6) is 0. The summed E-state index contributed by atoms with van der Waals surface area (Å²) < 4.78 is 13.6. The van der Waals surface area contributed by atoms with Crippen LogP contribution >= 0.6 is 0 Å². The molecule has 3 heteroatoms. The van der Waals surface area contributed by atoms with Crippen LogP contribution in [0.4, 0.5) is 17.1 Å². The van der Waals surface area contributed by atoms with Gasteiger partial charge in [-0.05, 0) is 103 Å². The summed E-state index contributed by atoms with van der Waals surface area (Å²) in [6, 6.07) is 80.4. The van der Waals surface area contributed by atoms with E-state index >= 15 is 0 Å². The minimum absolute atomic E-state index is 0.859. The van der Waals surface area contributed by atoms with E-state index in [-0.39, 0.29) is 0 Å². The summed E-state index contributed by atoms with van der Waals surface area (Å²) in [7, 11) is 0. The number of rotatable bonds is 6. The minimum atomic E-state index is 0.859. The molecular formula is C60H37NO2. The lowest BCUT2D eigenvalue weighted by Crippen LogP contribution is -2.10. The number of fused-ring (bicyclic) bond motifs is 10. The summed E-state index contributed by atoms with van der Waals surface area (Å²) in [6.45, 7) is 0. The van der Waals surface area contributed by atoms with E-state index in [9.17, 15) is 0 Å². The van der Waals surface area contributed by atoms with Crippen LogP contribution in [0.1, 0.15) is 0 Å². The van der Waals surface area contributed by atoms with E-state index in [1.54, 1.807) is 0 Å². The molecule has 0 amide bonds. The molecule has 0 N–H and O–H groups in total. The summed E-state index contributed by atoms with van der Waals surface area (Å²) in [5.41, 5.74) is 13.3. The Hall–Kier alpha value is -8.40. The molecule has 11 aromatic carbocycles. The Kier molecular flexibility index (Phi) is 7.91. The fourth-order valence-corrected chi connectivity index (χ4v) is 9.96. The van der Waals surface area contributed by atoms with Crippen molar-refractivity contribution in [3.63, 3.8) is 0 Å². The Balaban J connectivity index is 1.02. The van der Waals surface area contributed by atoms with Crippen LogP contribution in [0.3, 0.4) is 0 Å². The van der Waals surface area contributed by atoms with E-state index in [1.807, 2.05) is 6.07 Å². The fourth-order valence-electron chi connectivity index (χ4n) is 9.96. The number of hydrogen-bond acceptors (Lipinski definition) is 3. The molecule has 0 aliphatic heterocycles. The highest BCUT2D eigenvalue weighted by atomic mass is 16.3. The topological polar surface area (TPSA) is 29.5 Å². The van der Waals surface area contributed by atoms with E-state index in [4.69, 9.17) is 8.83 Å². The largest absolute Gasteiger partial charge is 0.455 e. The Bertz CT molecular complexity index is 3910. The van der Waals surface area contributed by atoms with Crippen LogP contribution in [0.25, 0.3) is 110 Å². The van der Waals surface area contributed by atoms with Gasteiger partial charge in [0.1, 0.15) is 22.3 Å². The maximum absolute atomic E-state index is 6.91. The zero-order valence-electron chi connectivity index (χ0n) is 34.1. The summed E-state index contributed by atoms with van der Waals surface area (Å²) >= 11 is 0. The van der Waals surface area contributed by atoms with Gasteiger partial charge in [0.05, 0.1) is 11.1 Å². The van der Waals surface area contributed by atoms with Gasteiger partial charge < -0.3 is 13.7 Å². The quantitative estimate of drug-likeness (QED) is 0.157. The number of benzene rings is 11. The van der Waals surface area contributed by atoms with Crippen molar-refractivity contribution in [2.75, 3.05) is 4.90 Å². The van der Waals surface area contributed by atoms with Gasteiger partial charge in [-0.15, -0.1) is 0 Å². The molecule has 0 saturated carbocycles. The first-order valence-electron chi connectivity index (χ1n) is 21.5. The second-order valence-corrected chi connectivity index (χ2v) is 16.4. The van der Waals surface area contributed by atoms with Gasteiger partial charge in [0.15, 0.2) is 0 Å². The molecule has 63 heavy (non-hydrogen) atoms. The minimum Gasteiger partial charge on any atom is -0.455 e. The summed E-state index contributed by atoms with van der Waals surface area (Å²) in [4.78, 5) is 2.40. The van der Waals surface area contributed by atoms with Gasteiger partial charge in [-0.1, -0.05) is 176 Å². The second-order valence-electron chi connectivity index (χ2n) is 16.4. The SMILES string of the molecule is c1ccc(-c2cccc3c2oc2cccc(-c4ccc(N(c5ccc6c(ccc7ccccc76)c5)c5ccc(-c6cccc7ccccc67)c6oc7ccccc7c56)cc4)c23)cc1. The standard InChI is InChI=1S/C60H37NO2/c1-2-13-39(14-3-1)49-22-11-24-53-57-48(21-12-26-56(57)63-59(49)53)41-29-31-43(32-30-41)61(44-33-34-47-42(37-44)28-27-40-16-5-6-18-45(40)47)54-36-35-51(50-23-10-17-38-15-4-7-19-46(38)50)60-58(54)52-20-8-9-25-55(52)62-60/h1-37H. The molecule has 0 bridgehead atoms. The zero-order valence-corrected chi connectivity index (χ0v) is 34.1. The molecule has 294 valence electrons. The zero-order chi connectivity index (χ0) is 41.4. The average molecular weight is 804 g/mol. The highest BCUT2D eigenvalue weighted by Crippen LogP contribution is 2.48. The van der Waals surface area contributed by atoms with E-state index in [0.29, 0.717) is 0 Å². The molecule has 0 atom stereocenters. The number of hydrogen-bond donors (Lipinski definition) is 0. The van der Waals surface area contributed by atoms with Crippen molar-refractivity contribution < 1.29 is 8.83 Å². The van der Waals surface area contributed by atoms with E-state index in [1.165, 1.54) is 32.3 Å². The number of anilines is 3. The molecule has 2 heterocycles. The smallest absolute Gasteiger partial charge is 0.145 e. The van der Waals surface area contributed by atoms with E-state index in [0.717, 1.165) is 94.3 Å². The number of nitrogens with zero attached hydrogens (tertiary/aromatic N) is 1. The number of furan rings is 2. The average Bonchev–Trinajstić information content (AvgIpc) is 3.94. The third kappa shape index (κ3) is 5.60. The monoisotopic (exact) mass is 803 g/mol. The van der Waals surface area contributed by atoms with Gasteiger partial charge in [0.25, 0.3) is 0 Å². The van der Waals surface area contributed by atoms with E-state index in [2.05, 4.69) is 223 Å². The molecule has 0 spiro atoms. The summed E-state index contributed by atoms with van der Waals surface area (Å²) in [5, 5.41) is 11.7. The van der Waals surface area contributed by atoms with Crippen LogP contribution < -0.4 is 4.90 Å². The normalized spacial score (nSPS) is 11.8. The highest BCUT2D eigenvalue weighted by molar-refractivity contribution is 6.19. The van der Waals surface area contributed by atoms with Crippen molar-refractivity contribution in [1.29, 1.82) is 0 Å².